The summed E-state index contributed by atoms with van der Waals surface area (Å²) in [5.74, 6) is 0.527. The molecule has 20 heavy (non-hydrogen) atoms. The van der Waals surface area contributed by atoms with Crippen molar-refractivity contribution in [2.45, 2.75) is 25.3 Å². The number of piperidine rings is 1. The van der Waals surface area contributed by atoms with E-state index < -0.39 is 0 Å². The van der Waals surface area contributed by atoms with Crippen molar-refractivity contribution in [3.63, 3.8) is 0 Å². The summed E-state index contributed by atoms with van der Waals surface area (Å²) in [6.45, 7) is 4.14. The van der Waals surface area contributed by atoms with Crippen LogP contribution in [0.15, 0.2) is 54.6 Å². The van der Waals surface area contributed by atoms with Crippen LogP contribution < -0.4 is 10.6 Å². The average molecular weight is 266 g/mol. The predicted molar refractivity (Wildman–Crippen MR) is 85.2 cm³/mol. The molecule has 1 aliphatic heterocycles. The quantitative estimate of drug-likeness (QED) is 0.903. The van der Waals surface area contributed by atoms with Crippen molar-refractivity contribution < 1.29 is 0 Å². The van der Waals surface area contributed by atoms with Crippen LogP contribution in [0.2, 0.25) is 0 Å². The zero-order valence-corrected chi connectivity index (χ0v) is 12.0. The van der Waals surface area contributed by atoms with Gasteiger partial charge in [-0.25, -0.2) is 0 Å². The Morgan fingerprint density at radius 1 is 0.950 bits per heavy atom. The maximum atomic E-state index is 6.28. The Morgan fingerprint density at radius 2 is 1.65 bits per heavy atom. The van der Waals surface area contributed by atoms with E-state index >= 15 is 0 Å². The highest BCUT2D eigenvalue weighted by molar-refractivity contribution is 5.47. The summed E-state index contributed by atoms with van der Waals surface area (Å²) >= 11 is 0. The molecule has 2 unspecified atom stereocenters. The molecule has 2 nitrogen and oxygen atoms in total. The van der Waals surface area contributed by atoms with Gasteiger partial charge in [-0.2, -0.15) is 0 Å². The Bertz CT molecular complexity index is 547. The van der Waals surface area contributed by atoms with Crippen molar-refractivity contribution in [2.75, 3.05) is 18.0 Å². The molecule has 2 aromatic carbocycles. The third kappa shape index (κ3) is 2.86. The molecule has 3 rings (SSSR count). The molecule has 2 aromatic rings. The number of nitrogens with two attached hydrogens (primary N) is 1. The van der Waals surface area contributed by atoms with Gasteiger partial charge in [0.05, 0.1) is 0 Å². The van der Waals surface area contributed by atoms with E-state index in [9.17, 15) is 0 Å². The van der Waals surface area contributed by atoms with Gasteiger partial charge in [0.1, 0.15) is 0 Å². The molecule has 1 saturated heterocycles. The predicted octanol–water partition coefficient (Wildman–Crippen LogP) is 3.32. The summed E-state index contributed by atoms with van der Waals surface area (Å²) in [4.78, 5) is 2.42. The van der Waals surface area contributed by atoms with Crippen LogP contribution in [-0.2, 0) is 0 Å². The number of hydrogen-bond donors (Lipinski definition) is 1. The molecule has 1 fully saturated rings. The van der Waals surface area contributed by atoms with Gasteiger partial charge < -0.3 is 10.6 Å². The fourth-order valence-electron chi connectivity index (χ4n) is 3.07. The van der Waals surface area contributed by atoms with Gasteiger partial charge in [0, 0.05) is 30.7 Å². The van der Waals surface area contributed by atoms with E-state index in [0.29, 0.717) is 5.92 Å². The van der Waals surface area contributed by atoms with Crippen LogP contribution in [0.1, 0.15) is 23.5 Å². The van der Waals surface area contributed by atoms with Crippen molar-refractivity contribution in [1.29, 1.82) is 0 Å². The van der Waals surface area contributed by atoms with Crippen molar-refractivity contribution in [2.24, 2.45) is 5.73 Å². The number of para-hydroxylation sites is 1. The number of nitrogens with zero attached hydrogens (tertiary/aromatic N) is 1. The highest BCUT2D eigenvalue weighted by Crippen LogP contribution is 2.29. The molecule has 0 saturated carbocycles. The zero-order chi connectivity index (χ0) is 13.9. The third-order valence-electron chi connectivity index (χ3n) is 4.15. The molecule has 1 heterocycles. The first kappa shape index (κ1) is 13.2. The second-order valence-corrected chi connectivity index (χ2v) is 5.84. The fraction of sp³-hybridized carbons (Fsp3) is 0.333. The van der Waals surface area contributed by atoms with Crippen LogP contribution in [-0.4, -0.2) is 19.1 Å². The Balaban J connectivity index is 1.81. The lowest BCUT2D eigenvalue weighted by molar-refractivity contribution is 0.454. The Kier molecular flexibility index (Phi) is 3.75. The Labute approximate surface area is 121 Å². The molecule has 104 valence electrons. The van der Waals surface area contributed by atoms with Crippen LogP contribution in [0.25, 0.3) is 0 Å². The molecular weight excluding hydrogens is 244 g/mol. The molecular formula is C18H22N2. The smallest absolute Gasteiger partial charge is 0.0366 e. The van der Waals surface area contributed by atoms with Crippen molar-refractivity contribution in [3.8, 4) is 0 Å². The van der Waals surface area contributed by atoms with Gasteiger partial charge in [0.2, 0.25) is 0 Å². The molecule has 0 aliphatic carbocycles. The average Bonchev–Trinajstić information content (AvgIpc) is 2.48. The van der Waals surface area contributed by atoms with E-state index in [1.54, 1.807) is 0 Å². The highest BCUT2D eigenvalue weighted by atomic mass is 15.2. The molecule has 2 N–H and O–H groups in total. The second kappa shape index (κ2) is 5.68. The first-order valence-electron chi connectivity index (χ1n) is 7.34. The summed E-state index contributed by atoms with van der Waals surface area (Å²) in [6.07, 6.45) is 1.08. The van der Waals surface area contributed by atoms with Gasteiger partial charge in [0.25, 0.3) is 0 Å². The second-order valence-electron chi connectivity index (χ2n) is 5.84. The minimum atomic E-state index is 0.246. The first-order chi connectivity index (χ1) is 9.72. The summed E-state index contributed by atoms with van der Waals surface area (Å²) in [5, 5.41) is 0. The third-order valence-corrected chi connectivity index (χ3v) is 4.15. The van der Waals surface area contributed by atoms with Crippen LogP contribution in [0, 0.1) is 6.92 Å². The minimum absolute atomic E-state index is 0.246. The van der Waals surface area contributed by atoms with E-state index in [2.05, 4.69) is 66.4 Å². The van der Waals surface area contributed by atoms with E-state index in [1.165, 1.54) is 16.8 Å². The molecule has 0 bridgehead atoms. The van der Waals surface area contributed by atoms with Crippen LogP contribution in [0.4, 0.5) is 5.69 Å². The number of benzene rings is 2. The van der Waals surface area contributed by atoms with Gasteiger partial charge >= 0.3 is 0 Å². The lowest BCUT2D eigenvalue weighted by Crippen LogP contribution is -2.46. The first-order valence-corrected chi connectivity index (χ1v) is 7.34. The largest absolute Gasteiger partial charge is 0.369 e. The normalized spacial score (nSPS) is 22.8. The van der Waals surface area contributed by atoms with Crippen LogP contribution in [0.3, 0.4) is 0 Å². The monoisotopic (exact) mass is 266 g/mol. The molecule has 0 radical (unpaired) electrons. The SMILES string of the molecule is Cc1ccc(C2CC(N)CN(c3ccccc3)C2)cc1. The van der Waals surface area contributed by atoms with Crippen LogP contribution >= 0.6 is 0 Å². The van der Waals surface area contributed by atoms with E-state index in [-0.39, 0.29) is 6.04 Å². The van der Waals surface area contributed by atoms with Gasteiger partial charge in [-0.1, -0.05) is 48.0 Å². The van der Waals surface area contributed by atoms with Gasteiger partial charge in [-0.3, -0.25) is 0 Å². The molecule has 2 heteroatoms. The van der Waals surface area contributed by atoms with E-state index in [4.69, 9.17) is 5.73 Å². The summed E-state index contributed by atoms with van der Waals surface area (Å²) in [7, 11) is 0. The molecule has 0 aromatic heterocycles. The topological polar surface area (TPSA) is 29.3 Å². The zero-order valence-electron chi connectivity index (χ0n) is 12.0. The summed E-state index contributed by atoms with van der Waals surface area (Å²) < 4.78 is 0. The summed E-state index contributed by atoms with van der Waals surface area (Å²) in [6, 6.07) is 19.7. The number of aryl methyl sites for hydroxylation is 1. The fourth-order valence-corrected chi connectivity index (χ4v) is 3.07. The Hall–Kier alpha value is -1.80. The minimum Gasteiger partial charge on any atom is -0.369 e. The number of hydrogen-bond acceptors (Lipinski definition) is 2. The maximum Gasteiger partial charge on any atom is 0.0366 e. The van der Waals surface area contributed by atoms with Crippen LogP contribution in [0.5, 0.6) is 0 Å². The molecule has 0 spiro atoms. The van der Waals surface area contributed by atoms with Gasteiger partial charge in [-0.05, 0) is 31.0 Å². The van der Waals surface area contributed by atoms with E-state index in [0.717, 1.165) is 19.5 Å². The van der Waals surface area contributed by atoms with Crippen molar-refractivity contribution >= 4 is 5.69 Å². The molecule has 1 aliphatic rings. The number of rotatable bonds is 2. The highest BCUT2D eigenvalue weighted by Gasteiger charge is 2.26. The summed E-state index contributed by atoms with van der Waals surface area (Å²) in [5.41, 5.74) is 10.3. The van der Waals surface area contributed by atoms with Gasteiger partial charge in [-0.15, -0.1) is 0 Å². The lowest BCUT2D eigenvalue weighted by atomic mass is 9.88. The van der Waals surface area contributed by atoms with Crippen molar-refractivity contribution in [1.82, 2.24) is 0 Å². The number of anilines is 1. The van der Waals surface area contributed by atoms with Crippen molar-refractivity contribution in [3.05, 3.63) is 65.7 Å². The molecule has 0 amide bonds. The van der Waals surface area contributed by atoms with Gasteiger partial charge in [0.15, 0.2) is 0 Å². The molecule has 2 atom stereocenters. The van der Waals surface area contributed by atoms with E-state index in [1.807, 2.05) is 0 Å². The maximum absolute atomic E-state index is 6.28. The Morgan fingerprint density at radius 3 is 2.35 bits per heavy atom. The lowest BCUT2D eigenvalue weighted by Gasteiger charge is -2.38. The standard InChI is InChI=1S/C18H22N2/c1-14-7-9-15(10-8-14)16-11-17(19)13-20(12-16)18-5-3-2-4-6-18/h2-10,16-17H,11-13,19H2,1H3.